The fourth-order valence-corrected chi connectivity index (χ4v) is 4.05. The normalized spacial score (nSPS) is 23.1. The summed E-state index contributed by atoms with van der Waals surface area (Å²) in [6.45, 7) is 0. The van der Waals surface area contributed by atoms with Crippen LogP contribution < -0.4 is 5.32 Å². The largest absolute Gasteiger partial charge is 0.382 e. The maximum atomic E-state index is 11.9. The summed E-state index contributed by atoms with van der Waals surface area (Å²) in [4.78, 5) is 13.9. The van der Waals surface area contributed by atoms with Gasteiger partial charge in [0.1, 0.15) is 6.10 Å². The molecule has 2 N–H and O–H groups in total. The lowest BCUT2D eigenvalue weighted by Gasteiger charge is -2.16. The molecule has 0 aliphatic carbocycles. The van der Waals surface area contributed by atoms with Crippen molar-refractivity contribution in [3.63, 3.8) is 0 Å². The molecule has 1 aliphatic heterocycles. The Hall–Kier alpha value is -1.30. The Morgan fingerprint density at radius 3 is 2.78 bits per heavy atom. The van der Waals surface area contributed by atoms with Crippen molar-refractivity contribution in [1.82, 2.24) is 0 Å². The molecule has 2 atom stereocenters. The fourth-order valence-electron chi connectivity index (χ4n) is 1.88. The van der Waals surface area contributed by atoms with Gasteiger partial charge in [-0.05, 0) is 23.6 Å². The van der Waals surface area contributed by atoms with Gasteiger partial charge in [0.15, 0.2) is 0 Å². The standard InChI is InChI=1S/C13H11NO2S2/c15-11-12(10-6-3-7-17-10)18-9-5-2-1-4-8(9)14-13(11)16/h1-7,11-12,15H,(H,14,16). The first-order chi connectivity index (χ1) is 8.75. The number of anilines is 1. The number of thioether (sulfide) groups is 1. The average molecular weight is 277 g/mol. The van der Waals surface area contributed by atoms with Crippen LogP contribution in [0.3, 0.4) is 0 Å². The molecule has 5 heteroatoms. The van der Waals surface area contributed by atoms with Crippen LogP contribution in [-0.2, 0) is 4.79 Å². The maximum Gasteiger partial charge on any atom is 0.254 e. The van der Waals surface area contributed by atoms with E-state index in [1.54, 1.807) is 11.3 Å². The summed E-state index contributed by atoms with van der Waals surface area (Å²) in [6, 6.07) is 11.5. The molecule has 1 aromatic heterocycles. The number of hydrogen-bond acceptors (Lipinski definition) is 4. The molecule has 0 bridgehead atoms. The summed E-state index contributed by atoms with van der Waals surface area (Å²) >= 11 is 3.08. The van der Waals surface area contributed by atoms with Crippen LogP contribution in [-0.4, -0.2) is 17.1 Å². The van der Waals surface area contributed by atoms with Crippen molar-refractivity contribution < 1.29 is 9.90 Å². The van der Waals surface area contributed by atoms with E-state index in [9.17, 15) is 9.90 Å². The number of carbonyl (C=O) groups excluding carboxylic acids is 1. The second kappa shape index (κ2) is 4.76. The molecular weight excluding hydrogens is 266 g/mol. The van der Waals surface area contributed by atoms with Gasteiger partial charge in [0, 0.05) is 9.77 Å². The second-order valence-electron chi connectivity index (χ2n) is 3.98. The number of para-hydroxylation sites is 1. The first-order valence-electron chi connectivity index (χ1n) is 5.54. The van der Waals surface area contributed by atoms with Gasteiger partial charge in [-0.15, -0.1) is 23.1 Å². The molecule has 2 unspecified atom stereocenters. The predicted molar refractivity (Wildman–Crippen MR) is 74.0 cm³/mol. The molecule has 1 aliphatic rings. The maximum absolute atomic E-state index is 11.9. The molecule has 0 spiro atoms. The van der Waals surface area contributed by atoms with Gasteiger partial charge in [-0.2, -0.15) is 0 Å². The molecule has 3 rings (SSSR count). The molecule has 2 aromatic rings. The Balaban J connectivity index is 2.03. The monoisotopic (exact) mass is 277 g/mol. The Kier molecular flexibility index (Phi) is 3.11. The van der Waals surface area contributed by atoms with E-state index >= 15 is 0 Å². The van der Waals surface area contributed by atoms with Crippen LogP contribution in [0.15, 0.2) is 46.7 Å². The number of aliphatic hydroxyl groups is 1. The average Bonchev–Trinajstić information content (AvgIpc) is 2.86. The highest BCUT2D eigenvalue weighted by atomic mass is 32.2. The summed E-state index contributed by atoms with van der Waals surface area (Å²) in [5, 5.41) is 14.6. The van der Waals surface area contributed by atoms with Crippen LogP contribution in [0, 0.1) is 0 Å². The minimum absolute atomic E-state index is 0.242. The minimum atomic E-state index is -1.03. The van der Waals surface area contributed by atoms with Crippen LogP contribution in [0.2, 0.25) is 0 Å². The van der Waals surface area contributed by atoms with E-state index in [1.807, 2.05) is 41.8 Å². The number of amides is 1. The Bertz CT molecular complexity index is 568. The smallest absolute Gasteiger partial charge is 0.254 e. The predicted octanol–water partition coefficient (Wildman–Crippen LogP) is 2.89. The van der Waals surface area contributed by atoms with Gasteiger partial charge in [0.2, 0.25) is 0 Å². The third kappa shape index (κ3) is 2.05. The van der Waals surface area contributed by atoms with Crippen LogP contribution in [0.4, 0.5) is 5.69 Å². The van der Waals surface area contributed by atoms with E-state index in [-0.39, 0.29) is 11.2 Å². The first-order valence-corrected chi connectivity index (χ1v) is 7.29. The van der Waals surface area contributed by atoms with E-state index in [0.717, 1.165) is 15.5 Å². The van der Waals surface area contributed by atoms with Gasteiger partial charge < -0.3 is 10.4 Å². The van der Waals surface area contributed by atoms with Crippen LogP contribution in [0.5, 0.6) is 0 Å². The SMILES string of the molecule is O=C1Nc2ccccc2SC(c2cccs2)C1O. The quantitative estimate of drug-likeness (QED) is 0.842. The number of hydrogen-bond donors (Lipinski definition) is 2. The summed E-state index contributed by atoms with van der Waals surface area (Å²) in [7, 11) is 0. The van der Waals surface area contributed by atoms with Crippen molar-refractivity contribution in [3.8, 4) is 0 Å². The minimum Gasteiger partial charge on any atom is -0.382 e. The molecule has 18 heavy (non-hydrogen) atoms. The highest BCUT2D eigenvalue weighted by Crippen LogP contribution is 2.44. The first kappa shape index (κ1) is 11.8. The third-order valence-corrected chi connectivity index (χ3v) is 5.26. The zero-order chi connectivity index (χ0) is 12.5. The molecule has 1 amide bonds. The fraction of sp³-hybridized carbons (Fsp3) is 0.154. The molecule has 1 aromatic carbocycles. The Morgan fingerprint density at radius 2 is 2.00 bits per heavy atom. The topological polar surface area (TPSA) is 49.3 Å². The highest BCUT2D eigenvalue weighted by molar-refractivity contribution is 8.00. The lowest BCUT2D eigenvalue weighted by Crippen LogP contribution is -2.30. The lowest BCUT2D eigenvalue weighted by molar-refractivity contribution is -0.123. The second-order valence-corrected chi connectivity index (χ2v) is 6.15. The Labute approximate surface area is 113 Å². The van der Waals surface area contributed by atoms with Gasteiger partial charge in [-0.1, -0.05) is 18.2 Å². The van der Waals surface area contributed by atoms with Gasteiger partial charge in [-0.3, -0.25) is 4.79 Å². The van der Waals surface area contributed by atoms with Crippen LogP contribution in [0.25, 0.3) is 0 Å². The van der Waals surface area contributed by atoms with Crippen molar-refractivity contribution in [2.45, 2.75) is 16.2 Å². The Morgan fingerprint density at radius 1 is 1.17 bits per heavy atom. The number of rotatable bonds is 1. The number of aliphatic hydroxyl groups excluding tert-OH is 1. The lowest BCUT2D eigenvalue weighted by atomic mass is 10.2. The van der Waals surface area contributed by atoms with E-state index in [2.05, 4.69) is 5.32 Å². The zero-order valence-electron chi connectivity index (χ0n) is 9.37. The highest BCUT2D eigenvalue weighted by Gasteiger charge is 2.33. The summed E-state index contributed by atoms with van der Waals surface area (Å²) < 4.78 is 0. The van der Waals surface area contributed by atoms with E-state index in [1.165, 1.54) is 11.8 Å². The molecule has 0 fully saturated rings. The number of benzene rings is 1. The van der Waals surface area contributed by atoms with E-state index < -0.39 is 6.10 Å². The molecule has 0 radical (unpaired) electrons. The summed E-state index contributed by atoms with van der Waals surface area (Å²) in [6.07, 6.45) is -1.03. The van der Waals surface area contributed by atoms with Crippen LogP contribution in [0.1, 0.15) is 10.1 Å². The van der Waals surface area contributed by atoms with Crippen molar-refractivity contribution in [2.75, 3.05) is 5.32 Å². The number of nitrogens with one attached hydrogen (secondary N) is 1. The summed E-state index contributed by atoms with van der Waals surface area (Å²) in [5.74, 6) is -0.342. The van der Waals surface area contributed by atoms with Crippen molar-refractivity contribution in [2.24, 2.45) is 0 Å². The van der Waals surface area contributed by atoms with Gasteiger partial charge in [-0.25, -0.2) is 0 Å². The van der Waals surface area contributed by atoms with Crippen molar-refractivity contribution in [3.05, 3.63) is 46.7 Å². The molecule has 0 saturated heterocycles. The molecule has 92 valence electrons. The number of fused-ring (bicyclic) bond motifs is 1. The van der Waals surface area contributed by atoms with E-state index in [4.69, 9.17) is 0 Å². The number of carbonyl (C=O) groups is 1. The van der Waals surface area contributed by atoms with Gasteiger partial charge in [0.25, 0.3) is 5.91 Å². The zero-order valence-corrected chi connectivity index (χ0v) is 11.0. The van der Waals surface area contributed by atoms with E-state index in [0.29, 0.717) is 0 Å². The summed E-state index contributed by atoms with van der Waals surface area (Å²) in [5.41, 5.74) is 0.769. The molecule has 2 heterocycles. The molecule has 0 saturated carbocycles. The third-order valence-electron chi connectivity index (χ3n) is 2.78. The number of thiophene rings is 1. The van der Waals surface area contributed by atoms with Crippen molar-refractivity contribution in [1.29, 1.82) is 0 Å². The van der Waals surface area contributed by atoms with Gasteiger partial charge >= 0.3 is 0 Å². The molecule has 3 nitrogen and oxygen atoms in total. The molecular formula is C13H11NO2S2. The van der Waals surface area contributed by atoms with Crippen LogP contribution >= 0.6 is 23.1 Å². The van der Waals surface area contributed by atoms with Gasteiger partial charge in [0.05, 0.1) is 10.9 Å². The van der Waals surface area contributed by atoms with Crippen molar-refractivity contribution >= 4 is 34.7 Å².